The summed E-state index contributed by atoms with van der Waals surface area (Å²) in [5.74, 6) is 0.429. The van der Waals surface area contributed by atoms with Gasteiger partial charge in [0.15, 0.2) is 6.10 Å². The van der Waals surface area contributed by atoms with Gasteiger partial charge < -0.3 is 14.6 Å². The van der Waals surface area contributed by atoms with Crippen LogP contribution in [0.3, 0.4) is 0 Å². The zero-order valence-electron chi connectivity index (χ0n) is 14.9. The van der Waals surface area contributed by atoms with Crippen LogP contribution in [0.2, 0.25) is 0 Å². The van der Waals surface area contributed by atoms with Crippen molar-refractivity contribution in [1.29, 1.82) is 0 Å². The number of hydrogen-bond donors (Lipinski definition) is 1. The largest absolute Gasteiger partial charge is 0.480 e. The van der Waals surface area contributed by atoms with Crippen LogP contribution in [0.15, 0.2) is 65.5 Å². The van der Waals surface area contributed by atoms with E-state index in [2.05, 4.69) is 5.32 Å². The van der Waals surface area contributed by atoms with Crippen molar-refractivity contribution >= 4 is 43.9 Å². The molecule has 0 radical (unpaired) electrons. The molecular formula is C21H18N2O3S. The summed E-state index contributed by atoms with van der Waals surface area (Å²) in [6.45, 7) is 1.72. The SMILES string of the molecule is CC(Oc1cccc2ccccc12)C(=O)Nc1ccc2c(c1)sc(=O)n2C. The second-order valence-corrected chi connectivity index (χ2v) is 7.33. The molecule has 27 heavy (non-hydrogen) atoms. The fourth-order valence-electron chi connectivity index (χ4n) is 3.00. The van der Waals surface area contributed by atoms with Gasteiger partial charge in [-0.2, -0.15) is 0 Å². The molecule has 0 fully saturated rings. The third-order valence-corrected chi connectivity index (χ3v) is 5.48. The predicted molar refractivity (Wildman–Crippen MR) is 110 cm³/mol. The topological polar surface area (TPSA) is 60.3 Å². The van der Waals surface area contributed by atoms with E-state index in [1.54, 1.807) is 24.6 Å². The lowest BCUT2D eigenvalue weighted by molar-refractivity contribution is -0.122. The first-order valence-corrected chi connectivity index (χ1v) is 9.39. The minimum atomic E-state index is -0.666. The minimum Gasteiger partial charge on any atom is -0.480 e. The highest BCUT2D eigenvalue weighted by molar-refractivity contribution is 7.16. The monoisotopic (exact) mass is 378 g/mol. The molecule has 6 heteroatoms. The maximum absolute atomic E-state index is 12.6. The van der Waals surface area contributed by atoms with Crippen LogP contribution >= 0.6 is 11.3 Å². The van der Waals surface area contributed by atoms with Crippen molar-refractivity contribution in [3.63, 3.8) is 0 Å². The van der Waals surface area contributed by atoms with Crippen LogP contribution in [-0.2, 0) is 11.8 Å². The van der Waals surface area contributed by atoms with E-state index in [4.69, 9.17) is 4.74 Å². The molecule has 0 saturated heterocycles. The molecule has 0 saturated carbocycles. The normalized spacial score (nSPS) is 12.2. The number of carbonyl (C=O) groups is 1. The van der Waals surface area contributed by atoms with Crippen molar-refractivity contribution in [1.82, 2.24) is 4.57 Å². The molecule has 0 bridgehead atoms. The summed E-state index contributed by atoms with van der Waals surface area (Å²) in [4.78, 5) is 24.3. The van der Waals surface area contributed by atoms with Crippen LogP contribution in [0.1, 0.15) is 6.92 Å². The maximum atomic E-state index is 12.6. The Morgan fingerprint density at radius 2 is 1.89 bits per heavy atom. The number of carbonyl (C=O) groups excluding carboxylic acids is 1. The number of ether oxygens (including phenoxy) is 1. The van der Waals surface area contributed by atoms with Gasteiger partial charge in [0.1, 0.15) is 5.75 Å². The number of nitrogens with one attached hydrogen (secondary N) is 1. The third kappa shape index (κ3) is 3.31. The van der Waals surface area contributed by atoms with Crippen LogP contribution in [0.4, 0.5) is 5.69 Å². The molecule has 1 atom stereocenters. The molecule has 1 aromatic heterocycles. The van der Waals surface area contributed by atoms with Crippen LogP contribution in [0, 0.1) is 0 Å². The van der Waals surface area contributed by atoms with E-state index in [0.29, 0.717) is 11.4 Å². The second-order valence-electron chi connectivity index (χ2n) is 6.34. The van der Waals surface area contributed by atoms with Gasteiger partial charge in [-0.15, -0.1) is 0 Å². The van der Waals surface area contributed by atoms with Gasteiger partial charge in [-0.3, -0.25) is 9.59 Å². The zero-order valence-corrected chi connectivity index (χ0v) is 15.7. The van der Waals surface area contributed by atoms with Crippen molar-refractivity contribution < 1.29 is 9.53 Å². The maximum Gasteiger partial charge on any atom is 0.307 e. The second kappa shape index (κ2) is 6.89. The lowest BCUT2D eigenvalue weighted by Crippen LogP contribution is -2.30. The fraction of sp³-hybridized carbons (Fsp3) is 0.143. The Morgan fingerprint density at radius 1 is 1.11 bits per heavy atom. The minimum absolute atomic E-state index is 0.0267. The summed E-state index contributed by atoms with van der Waals surface area (Å²) in [5, 5.41) is 4.89. The summed E-state index contributed by atoms with van der Waals surface area (Å²) in [5.41, 5.74) is 1.49. The zero-order chi connectivity index (χ0) is 19.0. The molecule has 1 N–H and O–H groups in total. The predicted octanol–water partition coefficient (Wildman–Crippen LogP) is 4.16. The Balaban J connectivity index is 1.53. The molecule has 1 amide bonds. The summed E-state index contributed by atoms with van der Waals surface area (Å²) >= 11 is 1.16. The van der Waals surface area contributed by atoms with Crippen molar-refractivity contribution in [3.05, 3.63) is 70.3 Å². The van der Waals surface area contributed by atoms with E-state index in [0.717, 1.165) is 32.3 Å². The van der Waals surface area contributed by atoms with Gasteiger partial charge in [-0.05, 0) is 36.6 Å². The molecule has 1 heterocycles. The van der Waals surface area contributed by atoms with Gasteiger partial charge in [-0.25, -0.2) is 0 Å². The van der Waals surface area contributed by atoms with Gasteiger partial charge in [0.2, 0.25) is 0 Å². The van der Waals surface area contributed by atoms with E-state index in [1.165, 1.54) is 0 Å². The number of nitrogens with zero attached hydrogens (tertiary/aromatic N) is 1. The van der Waals surface area contributed by atoms with E-state index in [-0.39, 0.29) is 10.8 Å². The van der Waals surface area contributed by atoms with Gasteiger partial charge in [0.25, 0.3) is 5.91 Å². The molecule has 0 aliphatic carbocycles. The van der Waals surface area contributed by atoms with Gasteiger partial charge in [0, 0.05) is 18.1 Å². The number of amides is 1. The molecule has 0 aliphatic heterocycles. The van der Waals surface area contributed by atoms with E-state index >= 15 is 0 Å². The molecular weight excluding hydrogens is 360 g/mol. The summed E-state index contributed by atoms with van der Waals surface area (Å²) in [6.07, 6.45) is -0.666. The highest BCUT2D eigenvalue weighted by Gasteiger charge is 2.16. The first kappa shape index (κ1) is 17.3. The quantitative estimate of drug-likeness (QED) is 0.580. The number of rotatable bonds is 4. The summed E-state index contributed by atoms with van der Waals surface area (Å²) < 4.78 is 8.34. The number of thiazole rings is 1. The highest BCUT2D eigenvalue weighted by atomic mass is 32.1. The smallest absolute Gasteiger partial charge is 0.307 e. The van der Waals surface area contributed by atoms with E-state index in [1.807, 2.05) is 54.6 Å². The molecule has 4 rings (SSSR count). The average molecular weight is 378 g/mol. The van der Waals surface area contributed by atoms with Crippen LogP contribution in [-0.4, -0.2) is 16.6 Å². The van der Waals surface area contributed by atoms with Crippen molar-refractivity contribution in [2.24, 2.45) is 7.05 Å². The molecule has 0 aliphatic rings. The number of benzene rings is 3. The number of aromatic nitrogens is 1. The number of hydrogen-bond acceptors (Lipinski definition) is 4. The molecule has 3 aromatic carbocycles. The van der Waals surface area contributed by atoms with Crippen molar-refractivity contribution in [3.8, 4) is 5.75 Å². The first-order valence-electron chi connectivity index (χ1n) is 8.58. The van der Waals surface area contributed by atoms with E-state index < -0.39 is 6.10 Å². The Kier molecular flexibility index (Phi) is 4.41. The highest BCUT2D eigenvalue weighted by Crippen LogP contribution is 2.26. The Bertz CT molecular complexity index is 1200. The lowest BCUT2D eigenvalue weighted by atomic mass is 10.1. The summed E-state index contributed by atoms with van der Waals surface area (Å²) in [6, 6.07) is 19.1. The number of fused-ring (bicyclic) bond motifs is 2. The van der Waals surface area contributed by atoms with Gasteiger partial charge in [-0.1, -0.05) is 47.7 Å². The first-order chi connectivity index (χ1) is 13.0. The van der Waals surface area contributed by atoms with Gasteiger partial charge >= 0.3 is 4.87 Å². The Morgan fingerprint density at radius 3 is 2.74 bits per heavy atom. The van der Waals surface area contributed by atoms with Crippen LogP contribution < -0.4 is 14.9 Å². The summed E-state index contributed by atoms with van der Waals surface area (Å²) in [7, 11) is 1.74. The third-order valence-electron chi connectivity index (χ3n) is 4.48. The number of anilines is 1. The average Bonchev–Trinajstić information content (AvgIpc) is 2.95. The van der Waals surface area contributed by atoms with E-state index in [9.17, 15) is 9.59 Å². The van der Waals surface area contributed by atoms with Crippen LogP contribution in [0.5, 0.6) is 5.75 Å². The van der Waals surface area contributed by atoms with Gasteiger partial charge in [0.05, 0.1) is 10.2 Å². The molecule has 0 spiro atoms. The van der Waals surface area contributed by atoms with Crippen molar-refractivity contribution in [2.75, 3.05) is 5.32 Å². The molecule has 1 unspecified atom stereocenters. The van der Waals surface area contributed by atoms with Crippen molar-refractivity contribution in [2.45, 2.75) is 13.0 Å². The standard InChI is InChI=1S/C21H18N2O3S/c1-13(26-18-9-5-7-14-6-3-4-8-16(14)18)20(24)22-15-10-11-17-19(12-15)27-21(25)23(17)2/h3-13H,1-2H3,(H,22,24). The van der Waals surface area contributed by atoms with Crippen LogP contribution in [0.25, 0.3) is 21.0 Å². The fourth-order valence-corrected chi connectivity index (χ4v) is 3.92. The molecule has 136 valence electrons. The molecule has 4 aromatic rings. The lowest BCUT2D eigenvalue weighted by Gasteiger charge is -2.16. The number of aryl methyl sites for hydroxylation is 1. The molecule has 5 nitrogen and oxygen atoms in total. The Hall–Kier alpha value is -3.12. The Labute approximate surface area is 159 Å².